The number of carbonyl (C=O) groups excluding carboxylic acids is 3. The van der Waals surface area contributed by atoms with Crippen LogP contribution in [0.2, 0.25) is 0 Å². The highest BCUT2D eigenvalue weighted by Crippen LogP contribution is 2.68. The van der Waals surface area contributed by atoms with Crippen LogP contribution in [0.4, 0.5) is 0 Å². The Bertz CT molecular complexity index is 904. The first-order chi connectivity index (χ1) is 15.0. The van der Waals surface area contributed by atoms with Gasteiger partial charge in [-0.15, -0.1) is 0 Å². The predicted octanol–water partition coefficient (Wildman–Crippen LogP) is 3.94. The lowest BCUT2D eigenvalue weighted by molar-refractivity contribution is -0.149. The Hall–Kier alpha value is -2.16. The van der Waals surface area contributed by atoms with Crippen molar-refractivity contribution < 1.29 is 19.1 Å². The van der Waals surface area contributed by atoms with Crippen molar-refractivity contribution in [3.05, 3.63) is 11.6 Å². The van der Waals surface area contributed by atoms with Gasteiger partial charge in [-0.1, -0.05) is 25.5 Å². The first kappa shape index (κ1) is 23.0. The van der Waals surface area contributed by atoms with E-state index in [1.807, 2.05) is 0 Å². The van der Waals surface area contributed by atoms with E-state index in [4.69, 9.17) is 10.5 Å². The van der Waals surface area contributed by atoms with Gasteiger partial charge in [0.15, 0.2) is 0 Å². The Morgan fingerprint density at radius 2 is 1.91 bits per heavy atom. The molecule has 0 aromatic carbocycles. The number of esters is 1. The fraction of sp³-hybridized carbons (Fsp3) is 0.769. The number of carbonyl (C=O) groups is 3. The van der Waals surface area contributed by atoms with E-state index < -0.39 is 11.8 Å². The first-order valence-corrected chi connectivity index (χ1v) is 12.1. The summed E-state index contributed by atoms with van der Waals surface area (Å²) in [6.07, 6.45) is 8.71. The Morgan fingerprint density at radius 1 is 1.19 bits per heavy atom. The zero-order chi connectivity index (χ0) is 23.4. The van der Waals surface area contributed by atoms with Crippen LogP contribution in [0.25, 0.3) is 0 Å². The fourth-order valence-corrected chi connectivity index (χ4v) is 8.52. The summed E-state index contributed by atoms with van der Waals surface area (Å²) >= 11 is 0. The highest BCUT2D eigenvalue weighted by Gasteiger charge is 2.63. The van der Waals surface area contributed by atoms with E-state index in [2.05, 4.69) is 26.0 Å². The van der Waals surface area contributed by atoms with Gasteiger partial charge in [0.05, 0.1) is 6.07 Å². The van der Waals surface area contributed by atoms with Crippen molar-refractivity contribution >= 4 is 17.7 Å². The van der Waals surface area contributed by atoms with Gasteiger partial charge in [0, 0.05) is 19.3 Å². The van der Waals surface area contributed by atoms with Crippen molar-refractivity contribution in [3.63, 3.8) is 0 Å². The van der Waals surface area contributed by atoms with E-state index in [-0.39, 0.29) is 40.5 Å². The normalized spacial score (nSPS) is 43.5. The molecule has 4 aliphatic carbocycles. The topological polar surface area (TPSA) is 110 Å². The molecule has 4 rings (SSSR count). The van der Waals surface area contributed by atoms with Gasteiger partial charge in [-0.2, -0.15) is 5.26 Å². The molecule has 3 fully saturated rings. The monoisotopic (exact) mass is 440 g/mol. The van der Waals surface area contributed by atoms with Crippen LogP contribution in [0.5, 0.6) is 0 Å². The van der Waals surface area contributed by atoms with Gasteiger partial charge in [0.2, 0.25) is 5.91 Å². The number of rotatable bonds is 4. The van der Waals surface area contributed by atoms with Crippen molar-refractivity contribution in [1.29, 1.82) is 5.26 Å². The van der Waals surface area contributed by atoms with Crippen LogP contribution in [-0.2, 0) is 19.1 Å². The molecule has 0 radical (unpaired) electrons. The second-order valence-electron chi connectivity index (χ2n) is 11.3. The molecule has 0 aromatic rings. The number of fused-ring (bicyclic) bond motifs is 5. The average molecular weight is 441 g/mol. The van der Waals surface area contributed by atoms with E-state index in [1.165, 1.54) is 12.5 Å². The minimum absolute atomic E-state index is 0.0258. The summed E-state index contributed by atoms with van der Waals surface area (Å²) in [5.41, 5.74) is 6.90. The molecule has 0 spiro atoms. The van der Waals surface area contributed by atoms with E-state index in [9.17, 15) is 19.6 Å². The Morgan fingerprint density at radius 3 is 2.50 bits per heavy atom. The molecule has 32 heavy (non-hydrogen) atoms. The Balaban J connectivity index is 1.65. The number of ketones is 1. The number of amides is 1. The van der Waals surface area contributed by atoms with Gasteiger partial charge in [-0.05, 0) is 80.0 Å². The molecule has 9 atom stereocenters. The third-order valence-corrected chi connectivity index (χ3v) is 9.81. The van der Waals surface area contributed by atoms with Crippen LogP contribution in [-0.4, -0.2) is 23.8 Å². The number of Topliss-reactive ketones (excluding diaryl/α,β-unsaturated/α-hetero) is 1. The molecule has 4 aliphatic rings. The molecule has 6 nitrogen and oxygen atoms in total. The summed E-state index contributed by atoms with van der Waals surface area (Å²) in [6.45, 7) is 7.68. The molecule has 2 N–H and O–H groups in total. The first-order valence-electron chi connectivity index (χ1n) is 12.1. The maximum atomic E-state index is 12.8. The van der Waals surface area contributed by atoms with Gasteiger partial charge in [-0.25, -0.2) is 0 Å². The number of nitrogens with two attached hydrogens (primary N) is 1. The molecule has 0 bridgehead atoms. The Labute approximate surface area is 190 Å². The van der Waals surface area contributed by atoms with E-state index >= 15 is 0 Å². The summed E-state index contributed by atoms with van der Waals surface area (Å²) in [7, 11) is 0. The summed E-state index contributed by atoms with van der Waals surface area (Å²) < 4.78 is 5.53. The van der Waals surface area contributed by atoms with E-state index in [0.717, 1.165) is 44.9 Å². The minimum atomic E-state index is -0.908. The van der Waals surface area contributed by atoms with Crippen LogP contribution < -0.4 is 5.73 Å². The smallest absolute Gasteiger partial charge is 0.302 e. The number of nitrogens with zero attached hydrogens (tertiary/aromatic N) is 1. The van der Waals surface area contributed by atoms with Crippen molar-refractivity contribution in [1.82, 2.24) is 0 Å². The molecule has 3 saturated carbocycles. The largest absolute Gasteiger partial charge is 0.462 e. The van der Waals surface area contributed by atoms with E-state index in [0.29, 0.717) is 17.8 Å². The second-order valence-corrected chi connectivity index (χ2v) is 11.3. The summed E-state index contributed by atoms with van der Waals surface area (Å²) in [5.74, 6) is -0.971. The average Bonchev–Trinajstić information content (AvgIpc) is 3.01. The number of hydrogen-bond acceptors (Lipinski definition) is 5. The molecule has 0 aliphatic heterocycles. The molecular weight excluding hydrogens is 404 g/mol. The minimum Gasteiger partial charge on any atom is -0.462 e. The lowest BCUT2D eigenvalue weighted by Crippen LogP contribution is -2.51. The predicted molar refractivity (Wildman–Crippen MR) is 119 cm³/mol. The van der Waals surface area contributed by atoms with Crippen LogP contribution in [0.15, 0.2) is 11.6 Å². The molecule has 0 heterocycles. The summed E-state index contributed by atoms with van der Waals surface area (Å²) in [4.78, 5) is 36.3. The number of nitriles is 1. The lowest BCUT2D eigenvalue weighted by Gasteiger charge is -2.58. The second kappa shape index (κ2) is 8.01. The van der Waals surface area contributed by atoms with Gasteiger partial charge in [0.1, 0.15) is 17.8 Å². The standard InChI is InChI=1S/C26H36N2O4/c1-14(29)23-19(20(13-27)24(28)31)12-22-18-6-5-16-11-17(32-15(2)30)7-9-25(16,3)21(18)8-10-26(22,23)4/h5,17-23H,6-12H2,1-4H3,(H2,28,31)/t17-,18-,19+,20-,21+,22+,23+,25-,26-/m0/s1. The molecule has 1 amide bonds. The third kappa shape index (κ3) is 3.40. The molecule has 6 heteroatoms. The quantitative estimate of drug-likeness (QED) is 0.526. The summed E-state index contributed by atoms with van der Waals surface area (Å²) in [6, 6.07) is 2.12. The highest BCUT2D eigenvalue weighted by molar-refractivity contribution is 5.84. The SMILES string of the molecule is CC(=O)O[C@H]1CC[C@@]2(C)C(=CC[C@@H]3[C@H]4C[C@H]([C@H](C#N)C(N)=O)[C@@H](C(C)=O)[C@@]4(C)CC[C@H]32)C1. The summed E-state index contributed by atoms with van der Waals surface area (Å²) in [5, 5.41) is 9.68. The highest BCUT2D eigenvalue weighted by atomic mass is 16.5. The molecule has 0 unspecified atom stereocenters. The van der Waals surface area contributed by atoms with Gasteiger partial charge in [0.25, 0.3) is 0 Å². The van der Waals surface area contributed by atoms with Gasteiger partial charge < -0.3 is 10.5 Å². The number of hydrogen-bond donors (Lipinski definition) is 1. The van der Waals surface area contributed by atoms with E-state index in [1.54, 1.807) is 6.92 Å². The lowest BCUT2D eigenvalue weighted by atomic mass is 9.47. The molecular formula is C26H36N2O4. The molecule has 0 aromatic heterocycles. The number of primary amides is 1. The maximum Gasteiger partial charge on any atom is 0.302 e. The maximum absolute atomic E-state index is 12.8. The Kier molecular flexibility index (Phi) is 5.76. The van der Waals surface area contributed by atoms with Crippen LogP contribution in [0.3, 0.4) is 0 Å². The van der Waals surface area contributed by atoms with Gasteiger partial charge >= 0.3 is 5.97 Å². The fourth-order valence-electron chi connectivity index (χ4n) is 8.52. The van der Waals surface area contributed by atoms with Crippen LogP contribution in [0, 0.1) is 57.7 Å². The van der Waals surface area contributed by atoms with Crippen molar-refractivity contribution in [3.8, 4) is 6.07 Å². The zero-order valence-corrected chi connectivity index (χ0v) is 19.7. The molecule has 0 saturated heterocycles. The van der Waals surface area contributed by atoms with Crippen molar-refractivity contribution in [2.45, 2.75) is 78.7 Å². The van der Waals surface area contributed by atoms with Crippen LogP contribution >= 0.6 is 0 Å². The van der Waals surface area contributed by atoms with Crippen molar-refractivity contribution in [2.75, 3.05) is 0 Å². The number of ether oxygens (including phenoxy) is 1. The number of allylic oxidation sites excluding steroid dienone is 1. The van der Waals surface area contributed by atoms with Crippen LogP contribution in [0.1, 0.15) is 72.6 Å². The van der Waals surface area contributed by atoms with Crippen molar-refractivity contribution in [2.24, 2.45) is 52.1 Å². The van der Waals surface area contributed by atoms with Gasteiger partial charge in [-0.3, -0.25) is 14.4 Å². The molecule has 174 valence electrons. The zero-order valence-electron chi connectivity index (χ0n) is 19.7. The third-order valence-electron chi connectivity index (χ3n) is 9.81.